The highest BCUT2D eigenvalue weighted by molar-refractivity contribution is 5.71. The molecule has 0 atom stereocenters. The van der Waals surface area contributed by atoms with Crippen molar-refractivity contribution in [1.82, 2.24) is 14.2 Å². The lowest BCUT2D eigenvalue weighted by Gasteiger charge is -2.09. The zero-order chi connectivity index (χ0) is 16.2. The van der Waals surface area contributed by atoms with Crippen molar-refractivity contribution in [3.05, 3.63) is 53.1 Å². The van der Waals surface area contributed by atoms with Gasteiger partial charge in [0, 0.05) is 24.5 Å². The van der Waals surface area contributed by atoms with Crippen molar-refractivity contribution in [3.8, 4) is 17.0 Å². The summed E-state index contributed by atoms with van der Waals surface area (Å²) in [6.07, 6.45) is 5.67. The minimum absolute atomic E-state index is 0.0295. The fourth-order valence-electron chi connectivity index (χ4n) is 2.54. The molecule has 2 heterocycles. The van der Waals surface area contributed by atoms with E-state index >= 15 is 0 Å². The SMILES string of the molecule is CCCCOc1ccccc1-c1cc2c(=O)n(CC)ccn2n1. The van der Waals surface area contributed by atoms with Gasteiger partial charge in [-0.1, -0.05) is 25.5 Å². The smallest absolute Gasteiger partial charge is 0.276 e. The van der Waals surface area contributed by atoms with Crippen molar-refractivity contribution in [2.75, 3.05) is 6.61 Å². The second-order valence-electron chi connectivity index (χ2n) is 5.45. The topological polar surface area (TPSA) is 48.5 Å². The first-order valence-electron chi connectivity index (χ1n) is 8.05. The summed E-state index contributed by atoms with van der Waals surface area (Å²) in [5, 5.41) is 4.53. The van der Waals surface area contributed by atoms with E-state index in [2.05, 4.69) is 12.0 Å². The highest BCUT2D eigenvalue weighted by Gasteiger charge is 2.12. The van der Waals surface area contributed by atoms with Crippen molar-refractivity contribution in [2.24, 2.45) is 0 Å². The molecule has 5 nitrogen and oxygen atoms in total. The van der Waals surface area contributed by atoms with Crippen molar-refractivity contribution in [3.63, 3.8) is 0 Å². The Balaban J connectivity index is 2.04. The Morgan fingerprint density at radius 1 is 1.17 bits per heavy atom. The Kier molecular flexibility index (Phi) is 4.46. The predicted molar refractivity (Wildman–Crippen MR) is 91.0 cm³/mol. The molecule has 0 amide bonds. The van der Waals surface area contributed by atoms with Crippen LogP contribution in [0.25, 0.3) is 16.8 Å². The van der Waals surface area contributed by atoms with Crippen LogP contribution in [0, 0.1) is 0 Å². The Labute approximate surface area is 135 Å². The van der Waals surface area contributed by atoms with E-state index < -0.39 is 0 Å². The molecule has 3 aromatic rings. The summed E-state index contributed by atoms with van der Waals surface area (Å²) in [5.74, 6) is 0.806. The lowest BCUT2D eigenvalue weighted by atomic mass is 10.1. The van der Waals surface area contributed by atoms with Crippen LogP contribution < -0.4 is 10.3 Å². The number of aromatic nitrogens is 3. The number of nitrogens with zero attached hydrogens (tertiary/aromatic N) is 3. The lowest BCUT2D eigenvalue weighted by molar-refractivity contribution is 0.310. The normalized spacial score (nSPS) is 11.0. The van der Waals surface area contributed by atoms with Crippen molar-refractivity contribution < 1.29 is 4.74 Å². The minimum Gasteiger partial charge on any atom is -0.493 e. The van der Waals surface area contributed by atoms with E-state index in [0.717, 1.165) is 29.8 Å². The highest BCUT2D eigenvalue weighted by Crippen LogP contribution is 2.29. The summed E-state index contributed by atoms with van der Waals surface area (Å²) in [6, 6.07) is 9.65. The van der Waals surface area contributed by atoms with Crippen LogP contribution in [0.3, 0.4) is 0 Å². The first-order chi connectivity index (χ1) is 11.2. The largest absolute Gasteiger partial charge is 0.493 e. The summed E-state index contributed by atoms with van der Waals surface area (Å²) in [4.78, 5) is 12.4. The predicted octanol–water partition coefficient (Wildman–Crippen LogP) is 3.36. The average Bonchev–Trinajstić information content (AvgIpc) is 3.01. The Morgan fingerprint density at radius 3 is 2.78 bits per heavy atom. The molecule has 0 aliphatic rings. The summed E-state index contributed by atoms with van der Waals surface area (Å²) in [6.45, 7) is 5.41. The van der Waals surface area contributed by atoms with Gasteiger partial charge in [0.1, 0.15) is 11.3 Å². The quantitative estimate of drug-likeness (QED) is 0.656. The molecule has 2 aromatic heterocycles. The van der Waals surface area contributed by atoms with E-state index in [0.29, 0.717) is 18.7 Å². The van der Waals surface area contributed by atoms with Crippen molar-refractivity contribution in [2.45, 2.75) is 33.2 Å². The molecular formula is C18H21N3O2. The van der Waals surface area contributed by atoms with Gasteiger partial charge in [-0.3, -0.25) is 4.79 Å². The molecule has 0 aliphatic heterocycles. The molecule has 0 radical (unpaired) electrons. The fourth-order valence-corrected chi connectivity index (χ4v) is 2.54. The molecule has 23 heavy (non-hydrogen) atoms. The van der Waals surface area contributed by atoms with Gasteiger partial charge in [0.25, 0.3) is 5.56 Å². The van der Waals surface area contributed by atoms with Gasteiger partial charge in [-0.15, -0.1) is 0 Å². The van der Waals surface area contributed by atoms with Gasteiger partial charge in [-0.25, -0.2) is 4.52 Å². The van der Waals surface area contributed by atoms with Crippen LogP contribution in [0.15, 0.2) is 47.5 Å². The summed E-state index contributed by atoms with van der Waals surface area (Å²) in [5.41, 5.74) is 2.21. The maximum atomic E-state index is 12.4. The molecule has 3 rings (SSSR count). The van der Waals surface area contributed by atoms with Gasteiger partial charge in [0.15, 0.2) is 0 Å². The van der Waals surface area contributed by atoms with E-state index in [1.54, 1.807) is 15.3 Å². The van der Waals surface area contributed by atoms with Crippen LogP contribution in [0.4, 0.5) is 0 Å². The number of para-hydroxylation sites is 1. The summed E-state index contributed by atoms with van der Waals surface area (Å²) in [7, 11) is 0. The molecule has 120 valence electrons. The van der Waals surface area contributed by atoms with Crippen LogP contribution >= 0.6 is 0 Å². The van der Waals surface area contributed by atoms with Crippen molar-refractivity contribution in [1.29, 1.82) is 0 Å². The first kappa shape index (κ1) is 15.3. The lowest BCUT2D eigenvalue weighted by Crippen LogP contribution is -2.20. The number of hydrogen-bond acceptors (Lipinski definition) is 3. The van der Waals surface area contributed by atoms with E-state index in [4.69, 9.17) is 4.74 Å². The van der Waals surface area contributed by atoms with Crippen molar-refractivity contribution >= 4 is 5.52 Å². The monoisotopic (exact) mass is 311 g/mol. The van der Waals surface area contributed by atoms with Gasteiger partial charge in [0.05, 0.1) is 12.3 Å². The van der Waals surface area contributed by atoms with Crippen LogP contribution in [0.1, 0.15) is 26.7 Å². The zero-order valence-electron chi connectivity index (χ0n) is 13.5. The molecule has 0 aliphatic carbocycles. The molecule has 0 unspecified atom stereocenters. The average molecular weight is 311 g/mol. The second kappa shape index (κ2) is 6.69. The van der Waals surface area contributed by atoms with E-state index in [-0.39, 0.29) is 5.56 Å². The molecule has 0 saturated carbocycles. The Morgan fingerprint density at radius 2 is 2.00 bits per heavy atom. The molecule has 0 bridgehead atoms. The second-order valence-corrected chi connectivity index (χ2v) is 5.45. The summed E-state index contributed by atoms with van der Waals surface area (Å²) < 4.78 is 9.17. The number of hydrogen-bond donors (Lipinski definition) is 0. The third-order valence-electron chi connectivity index (χ3n) is 3.86. The van der Waals surface area contributed by atoms with Gasteiger partial charge >= 0.3 is 0 Å². The molecule has 0 N–H and O–H groups in total. The van der Waals surface area contributed by atoms with Crippen LogP contribution in [0.2, 0.25) is 0 Å². The number of benzene rings is 1. The van der Waals surface area contributed by atoms with E-state index in [1.165, 1.54) is 0 Å². The summed E-state index contributed by atoms with van der Waals surface area (Å²) >= 11 is 0. The molecule has 5 heteroatoms. The third kappa shape index (κ3) is 2.99. The molecule has 0 fully saturated rings. The number of aryl methyl sites for hydroxylation is 1. The van der Waals surface area contributed by atoms with Crippen LogP contribution in [-0.4, -0.2) is 20.8 Å². The molecular weight excluding hydrogens is 290 g/mol. The van der Waals surface area contributed by atoms with Crippen LogP contribution in [0.5, 0.6) is 5.75 Å². The molecule has 0 spiro atoms. The van der Waals surface area contributed by atoms with Gasteiger partial charge in [-0.05, 0) is 31.5 Å². The number of ether oxygens (including phenoxy) is 1. The number of unbranched alkanes of at least 4 members (excludes halogenated alkanes) is 1. The third-order valence-corrected chi connectivity index (χ3v) is 3.86. The van der Waals surface area contributed by atoms with Gasteiger partial charge < -0.3 is 9.30 Å². The Hall–Kier alpha value is -2.56. The number of fused-ring (bicyclic) bond motifs is 1. The van der Waals surface area contributed by atoms with E-state index in [1.807, 2.05) is 43.5 Å². The molecule has 0 saturated heterocycles. The number of rotatable bonds is 6. The van der Waals surface area contributed by atoms with Gasteiger partial charge in [-0.2, -0.15) is 5.10 Å². The standard InChI is InChI=1S/C18H21N3O2/c1-3-5-12-23-17-9-7-6-8-14(17)15-13-16-18(22)20(4-2)10-11-21(16)19-15/h6-11,13H,3-5,12H2,1-2H3. The maximum Gasteiger partial charge on any atom is 0.276 e. The van der Waals surface area contributed by atoms with Crippen LogP contribution in [-0.2, 0) is 6.54 Å². The first-order valence-corrected chi connectivity index (χ1v) is 8.05. The van der Waals surface area contributed by atoms with E-state index in [9.17, 15) is 4.79 Å². The zero-order valence-corrected chi connectivity index (χ0v) is 13.5. The Bertz CT molecular complexity index is 864. The fraction of sp³-hybridized carbons (Fsp3) is 0.333. The highest BCUT2D eigenvalue weighted by atomic mass is 16.5. The molecule has 1 aromatic carbocycles. The maximum absolute atomic E-state index is 12.4. The minimum atomic E-state index is -0.0295. The van der Waals surface area contributed by atoms with Gasteiger partial charge in [0.2, 0.25) is 0 Å².